The Bertz CT molecular complexity index is 674. The molecule has 1 unspecified atom stereocenters. The molecule has 0 saturated carbocycles. The molecule has 1 aromatic carbocycles. The summed E-state index contributed by atoms with van der Waals surface area (Å²) in [5.74, 6) is 0.797. The molecule has 0 bridgehead atoms. The first kappa shape index (κ1) is 26.3. The number of hydrogen-bond donors (Lipinski definition) is 3. The lowest BCUT2D eigenvalue weighted by Gasteiger charge is -2.34. The summed E-state index contributed by atoms with van der Waals surface area (Å²) in [6, 6.07) is 8.69. The predicted molar refractivity (Wildman–Crippen MR) is 137 cm³/mol. The van der Waals surface area contributed by atoms with Gasteiger partial charge in [0.2, 0.25) is 0 Å². The molecule has 8 heteroatoms. The molecule has 3 N–H and O–H groups in total. The van der Waals surface area contributed by atoms with Crippen molar-refractivity contribution in [1.29, 1.82) is 0 Å². The Balaban J connectivity index is 0.00000341. The molecule has 3 rings (SSSR count). The van der Waals surface area contributed by atoms with Crippen LogP contribution >= 0.6 is 24.0 Å². The van der Waals surface area contributed by atoms with Crippen molar-refractivity contribution < 1.29 is 9.84 Å². The van der Waals surface area contributed by atoms with E-state index in [4.69, 9.17) is 4.74 Å². The van der Waals surface area contributed by atoms with Gasteiger partial charge in [0.25, 0.3) is 0 Å². The second-order valence-corrected chi connectivity index (χ2v) is 8.53. The van der Waals surface area contributed by atoms with E-state index in [1.54, 1.807) is 7.05 Å². The summed E-state index contributed by atoms with van der Waals surface area (Å²) in [4.78, 5) is 9.46. The summed E-state index contributed by atoms with van der Waals surface area (Å²) in [6.07, 6.45) is 1.73. The van der Waals surface area contributed by atoms with E-state index in [-0.39, 0.29) is 36.0 Å². The number of nitrogens with zero attached hydrogens (tertiary/aromatic N) is 3. The summed E-state index contributed by atoms with van der Waals surface area (Å²) < 4.78 is 5.59. The molecule has 1 atom stereocenters. The molecule has 2 heterocycles. The zero-order chi connectivity index (χ0) is 21.2. The van der Waals surface area contributed by atoms with E-state index in [2.05, 4.69) is 56.6 Å². The topological polar surface area (TPSA) is 72.4 Å². The van der Waals surface area contributed by atoms with Gasteiger partial charge in [-0.25, -0.2) is 0 Å². The maximum atomic E-state index is 9.42. The fourth-order valence-electron chi connectivity index (χ4n) is 4.37. The Hall–Kier alpha value is -0.940. The van der Waals surface area contributed by atoms with Gasteiger partial charge >= 0.3 is 0 Å². The molecule has 0 aromatic heterocycles. The predicted octanol–water partition coefficient (Wildman–Crippen LogP) is 1.90. The Labute approximate surface area is 204 Å². The normalized spacial score (nSPS) is 22.9. The van der Waals surface area contributed by atoms with Crippen LogP contribution in [0.3, 0.4) is 0 Å². The average molecular weight is 546 g/mol. The van der Waals surface area contributed by atoms with E-state index in [0.29, 0.717) is 6.61 Å². The van der Waals surface area contributed by atoms with Crippen LogP contribution in [0.1, 0.15) is 30.9 Å². The standard InChI is InChI=1S/C23H39N5O2.HI/c1-3-27-10-12-28(13-11-27)17-21-7-5-4-6-20(21)16-25-22(24-2)26-18-23(8-14-29)9-15-30-19-23;/h4-7,29H,3,8-19H2,1-2H3,(H2,24,25,26);1H. The number of aliphatic imine (C=N–C) groups is 1. The van der Waals surface area contributed by atoms with Crippen LogP contribution < -0.4 is 10.6 Å². The Morgan fingerprint density at radius 2 is 1.84 bits per heavy atom. The number of halogens is 1. The second-order valence-electron chi connectivity index (χ2n) is 8.53. The number of rotatable bonds is 9. The van der Waals surface area contributed by atoms with Gasteiger partial charge in [0, 0.05) is 71.5 Å². The highest BCUT2D eigenvalue weighted by Gasteiger charge is 2.34. The molecule has 1 aromatic rings. The van der Waals surface area contributed by atoms with Crippen LogP contribution in [0.5, 0.6) is 0 Å². The summed E-state index contributed by atoms with van der Waals surface area (Å²) in [5, 5.41) is 16.3. The first-order chi connectivity index (χ1) is 14.7. The summed E-state index contributed by atoms with van der Waals surface area (Å²) in [6.45, 7) is 12.1. The molecule has 31 heavy (non-hydrogen) atoms. The van der Waals surface area contributed by atoms with Crippen LogP contribution in [0, 0.1) is 5.41 Å². The molecule has 2 fully saturated rings. The largest absolute Gasteiger partial charge is 0.396 e. The van der Waals surface area contributed by atoms with Gasteiger partial charge in [0.05, 0.1) is 6.61 Å². The zero-order valence-electron chi connectivity index (χ0n) is 19.1. The van der Waals surface area contributed by atoms with Crippen LogP contribution in [0.2, 0.25) is 0 Å². The highest BCUT2D eigenvalue weighted by atomic mass is 127. The van der Waals surface area contributed by atoms with E-state index in [1.807, 2.05) is 0 Å². The average Bonchev–Trinajstić information content (AvgIpc) is 3.24. The van der Waals surface area contributed by atoms with Crippen molar-refractivity contribution in [2.75, 3.05) is 66.1 Å². The van der Waals surface area contributed by atoms with Gasteiger partial charge in [-0.3, -0.25) is 9.89 Å². The van der Waals surface area contributed by atoms with Crippen molar-refractivity contribution >= 4 is 29.9 Å². The zero-order valence-corrected chi connectivity index (χ0v) is 21.4. The Morgan fingerprint density at radius 3 is 2.45 bits per heavy atom. The number of nitrogens with one attached hydrogen (secondary N) is 2. The van der Waals surface area contributed by atoms with E-state index in [0.717, 1.165) is 77.8 Å². The number of likely N-dealkylation sites (N-methyl/N-ethyl adjacent to an activating group) is 1. The minimum absolute atomic E-state index is 0. The minimum Gasteiger partial charge on any atom is -0.396 e. The van der Waals surface area contributed by atoms with Gasteiger partial charge in [0.1, 0.15) is 0 Å². The second kappa shape index (κ2) is 13.6. The van der Waals surface area contributed by atoms with Crippen molar-refractivity contribution in [2.24, 2.45) is 10.4 Å². The van der Waals surface area contributed by atoms with E-state index < -0.39 is 0 Å². The third kappa shape index (κ3) is 7.85. The third-order valence-electron chi connectivity index (χ3n) is 6.55. The number of piperazine rings is 1. The van der Waals surface area contributed by atoms with Gasteiger partial charge in [-0.1, -0.05) is 31.2 Å². The van der Waals surface area contributed by atoms with Crippen LogP contribution in [0.25, 0.3) is 0 Å². The quantitative estimate of drug-likeness (QED) is 0.250. The number of benzene rings is 1. The van der Waals surface area contributed by atoms with Crippen LogP contribution in [-0.2, 0) is 17.8 Å². The maximum absolute atomic E-state index is 9.42. The third-order valence-corrected chi connectivity index (χ3v) is 6.55. The minimum atomic E-state index is 0. The molecule has 0 radical (unpaired) electrons. The van der Waals surface area contributed by atoms with E-state index in [1.165, 1.54) is 11.1 Å². The molecule has 7 nitrogen and oxygen atoms in total. The van der Waals surface area contributed by atoms with Gasteiger partial charge in [0.15, 0.2) is 5.96 Å². The molecule has 0 spiro atoms. The first-order valence-corrected chi connectivity index (χ1v) is 11.3. The SMILES string of the molecule is CCN1CCN(Cc2ccccc2CNC(=NC)NCC2(CCO)CCOC2)CC1.I. The first-order valence-electron chi connectivity index (χ1n) is 11.3. The number of hydrogen-bond acceptors (Lipinski definition) is 5. The number of aliphatic hydroxyl groups excluding tert-OH is 1. The molecule has 2 saturated heterocycles. The Kier molecular flexibility index (Phi) is 11.5. The molecular weight excluding hydrogens is 505 g/mol. The van der Waals surface area contributed by atoms with Crippen LogP contribution in [0.15, 0.2) is 29.3 Å². The van der Waals surface area contributed by atoms with Gasteiger partial charge in [-0.05, 0) is 30.5 Å². The van der Waals surface area contributed by atoms with E-state index >= 15 is 0 Å². The number of ether oxygens (including phenoxy) is 1. The monoisotopic (exact) mass is 545 g/mol. The lowest BCUT2D eigenvalue weighted by Crippen LogP contribution is -2.46. The smallest absolute Gasteiger partial charge is 0.191 e. The van der Waals surface area contributed by atoms with Gasteiger partial charge in [-0.2, -0.15) is 0 Å². The lowest BCUT2D eigenvalue weighted by atomic mass is 9.84. The molecule has 0 aliphatic carbocycles. The highest BCUT2D eigenvalue weighted by molar-refractivity contribution is 14.0. The molecule has 176 valence electrons. The molecule has 2 aliphatic heterocycles. The molecular formula is C23H40IN5O2. The van der Waals surface area contributed by atoms with Crippen LogP contribution in [-0.4, -0.2) is 87.0 Å². The summed E-state index contributed by atoms with van der Waals surface area (Å²) in [5.41, 5.74) is 2.70. The van der Waals surface area contributed by atoms with Crippen LogP contribution in [0.4, 0.5) is 0 Å². The molecule has 0 amide bonds. The highest BCUT2D eigenvalue weighted by Crippen LogP contribution is 2.31. The van der Waals surface area contributed by atoms with E-state index in [9.17, 15) is 5.11 Å². The summed E-state index contributed by atoms with van der Waals surface area (Å²) in [7, 11) is 1.80. The van der Waals surface area contributed by atoms with Crippen molar-refractivity contribution in [3.8, 4) is 0 Å². The fraction of sp³-hybridized carbons (Fsp3) is 0.696. The van der Waals surface area contributed by atoms with Crippen molar-refractivity contribution in [2.45, 2.75) is 32.9 Å². The van der Waals surface area contributed by atoms with Crippen molar-refractivity contribution in [3.63, 3.8) is 0 Å². The number of guanidine groups is 1. The lowest BCUT2D eigenvalue weighted by molar-refractivity contribution is 0.127. The van der Waals surface area contributed by atoms with Crippen molar-refractivity contribution in [1.82, 2.24) is 20.4 Å². The maximum Gasteiger partial charge on any atom is 0.191 e. The fourth-order valence-corrected chi connectivity index (χ4v) is 4.37. The number of aliphatic hydroxyl groups is 1. The molecule has 2 aliphatic rings. The Morgan fingerprint density at radius 1 is 1.13 bits per heavy atom. The summed E-state index contributed by atoms with van der Waals surface area (Å²) >= 11 is 0. The van der Waals surface area contributed by atoms with Crippen molar-refractivity contribution in [3.05, 3.63) is 35.4 Å². The van der Waals surface area contributed by atoms with Gasteiger partial charge < -0.3 is 25.4 Å². The van der Waals surface area contributed by atoms with Gasteiger partial charge in [-0.15, -0.1) is 24.0 Å².